The summed E-state index contributed by atoms with van der Waals surface area (Å²) in [6.07, 6.45) is 4.82. The summed E-state index contributed by atoms with van der Waals surface area (Å²) in [5.41, 5.74) is 1.68. The van der Waals surface area contributed by atoms with Gasteiger partial charge >= 0.3 is 0 Å². The summed E-state index contributed by atoms with van der Waals surface area (Å²) >= 11 is 6.18. The zero-order chi connectivity index (χ0) is 16.4. The lowest BCUT2D eigenvalue weighted by molar-refractivity contribution is 0.346. The molecule has 1 unspecified atom stereocenters. The van der Waals surface area contributed by atoms with Gasteiger partial charge < -0.3 is 9.84 Å². The summed E-state index contributed by atoms with van der Waals surface area (Å²) in [7, 11) is 0. The number of piperidine rings is 1. The third kappa shape index (κ3) is 4.03. The Bertz CT molecular complexity index is 826. The summed E-state index contributed by atoms with van der Waals surface area (Å²) in [5, 5.41) is 12.7. The molecule has 132 valence electrons. The van der Waals surface area contributed by atoms with Crippen LogP contribution in [0.15, 0.2) is 41.1 Å². The summed E-state index contributed by atoms with van der Waals surface area (Å²) < 4.78 is 7.35. The fourth-order valence-corrected chi connectivity index (χ4v) is 3.16. The van der Waals surface area contributed by atoms with E-state index in [2.05, 4.69) is 20.6 Å². The highest BCUT2D eigenvalue weighted by molar-refractivity contribution is 6.31. The SMILES string of the molecule is Cl.Clc1ccccc1Cc1noc(-c2ccn(C3CCCNC3)n2)n1. The van der Waals surface area contributed by atoms with E-state index in [0.29, 0.717) is 34.9 Å². The Labute approximate surface area is 157 Å². The third-order valence-corrected chi connectivity index (χ3v) is 4.62. The number of nitrogens with one attached hydrogen (secondary N) is 1. The molecule has 1 aliphatic rings. The first kappa shape index (κ1) is 17.9. The predicted octanol–water partition coefficient (Wildman–Crippen LogP) is 3.52. The van der Waals surface area contributed by atoms with Gasteiger partial charge in [-0.2, -0.15) is 10.1 Å². The topological polar surface area (TPSA) is 68.8 Å². The first-order valence-electron chi connectivity index (χ1n) is 8.12. The Morgan fingerprint density at radius 1 is 1.28 bits per heavy atom. The molecule has 3 heterocycles. The van der Waals surface area contributed by atoms with Crippen LogP contribution in [-0.4, -0.2) is 33.0 Å². The molecule has 0 amide bonds. The van der Waals surface area contributed by atoms with Crippen LogP contribution < -0.4 is 5.32 Å². The van der Waals surface area contributed by atoms with Crippen molar-refractivity contribution in [3.8, 4) is 11.6 Å². The molecular weight excluding hydrogens is 361 g/mol. The van der Waals surface area contributed by atoms with Gasteiger partial charge in [0.15, 0.2) is 11.5 Å². The molecule has 0 spiro atoms. The Hall–Kier alpha value is -1.89. The zero-order valence-electron chi connectivity index (χ0n) is 13.6. The number of halogens is 2. The van der Waals surface area contributed by atoms with Crippen LogP contribution in [0.25, 0.3) is 11.6 Å². The fourth-order valence-electron chi connectivity index (χ4n) is 2.96. The molecule has 1 aliphatic heterocycles. The van der Waals surface area contributed by atoms with E-state index in [1.165, 1.54) is 6.42 Å². The maximum atomic E-state index is 6.18. The number of hydrogen-bond acceptors (Lipinski definition) is 5. The minimum Gasteiger partial charge on any atom is -0.332 e. The van der Waals surface area contributed by atoms with Crippen LogP contribution in [0.4, 0.5) is 0 Å². The van der Waals surface area contributed by atoms with Crippen molar-refractivity contribution in [1.82, 2.24) is 25.2 Å². The van der Waals surface area contributed by atoms with E-state index in [-0.39, 0.29) is 12.4 Å². The van der Waals surface area contributed by atoms with E-state index >= 15 is 0 Å². The Morgan fingerprint density at radius 2 is 2.16 bits per heavy atom. The molecule has 3 aromatic rings. The number of rotatable bonds is 4. The highest BCUT2D eigenvalue weighted by atomic mass is 35.5. The number of aromatic nitrogens is 4. The minimum atomic E-state index is 0. The Balaban J connectivity index is 0.00000182. The van der Waals surface area contributed by atoms with Gasteiger partial charge in [0.25, 0.3) is 5.89 Å². The molecular formula is C17H19Cl2N5O. The smallest absolute Gasteiger partial charge is 0.278 e. The number of benzene rings is 1. The molecule has 1 N–H and O–H groups in total. The summed E-state index contributed by atoms with van der Waals surface area (Å²) in [6.45, 7) is 2.03. The lowest BCUT2D eigenvalue weighted by Gasteiger charge is -2.22. The number of hydrogen-bond donors (Lipinski definition) is 1. The molecule has 0 radical (unpaired) electrons. The van der Waals surface area contributed by atoms with Crippen LogP contribution in [-0.2, 0) is 6.42 Å². The summed E-state index contributed by atoms with van der Waals surface area (Å²) in [6, 6.07) is 9.98. The van der Waals surface area contributed by atoms with E-state index in [9.17, 15) is 0 Å². The maximum Gasteiger partial charge on any atom is 0.278 e. The van der Waals surface area contributed by atoms with Crippen molar-refractivity contribution in [2.24, 2.45) is 0 Å². The first-order chi connectivity index (χ1) is 11.8. The van der Waals surface area contributed by atoms with Gasteiger partial charge in [0, 0.05) is 24.2 Å². The van der Waals surface area contributed by atoms with Gasteiger partial charge in [-0.1, -0.05) is 35.0 Å². The molecule has 4 rings (SSSR count). The van der Waals surface area contributed by atoms with Gasteiger partial charge in [0.05, 0.1) is 6.04 Å². The quantitative estimate of drug-likeness (QED) is 0.750. The van der Waals surface area contributed by atoms with Crippen LogP contribution in [0, 0.1) is 0 Å². The first-order valence-corrected chi connectivity index (χ1v) is 8.49. The van der Waals surface area contributed by atoms with E-state index < -0.39 is 0 Å². The molecule has 1 aromatic carbocycles. The van der Waals surface area contributed by atoms with Gasteiger partial charge in [-0.3, -0.25) is 4.68 Å². The van der Waals surface area contributed by atoms with Crippen LogP contribution in [0.2, 0.25) is 5.02 Å². The Morgan fingerprint density at radius 3 is 2.96 bits per heavy atom. The molecule has 0 bridgehead atoms. The van der Waals surface area contributed by atoms with Gasteiger partial charge in [-0.15, -0.1) is 12.4 Å². The van der Waals surface area contributed by atoms with Crippen molar-refractivity contribution in [2.75, 3.05) is 13.1 Å². The van der Waals surface area contributed by atoms with Crippen LogP contribution in [0.3, 0.4) is 0 Å². The monoisotopic (exact) mass is 379 g/mol. The molecule has 0 aliphatic carbocycles. The van der Waals surface area contributed by atoms with Gasteiger partial charge in [0.2, 0.25) is 0 Å². The predicted molar refractivity (Wildman–Crippen MR) is 98.2 cm³/mol. The van der Waals surface area contributed by atoms with Crippen molar-refractivity contribution < 1.29 is 4.52 Å². The number of nitrogens with zero attached hydrogens (tertiary/aromatic N) is 4. The Kier molecular flexibility index (Phi) is 5.73. The van der Waals surface area contributed by atoms with Crippen LogP contribution in [0.1, 0.15) is 30.3 Å². The van der Waals surface area contributed by atoms with E-state index in [0.717, 1.165) is 25.1 Å². The molecule has 6 nitrogen and oxygen atoms in total. The largest absolute Gasteiger partial charge is 0.332 e. The molecule has 1 saturated heterocycles. The molecule has 0 saturated carbocycles. The second-order valence-corrected chi connectivity index (χ2v) is 6.37. The van der Waals surface area contributed by atoms with E-state index in [1.54, 1.807) is 0 Å². The van der Waals surface area contributed by atoms with Crippen molar-refractivity contribution in [3.63, 3.8) is 0 Å². The summed E-state index contributed by atoms with van der Waals surface area (Å²) in [4.78, 5) is 4.45. The molecule has 1 atom stereocenters. The average Bonchev–Trinajstić information content (AvgIpc) is 3.27. The van der Waals surface area contributed by atoms with Gasteiger partial charge in [-0.05, 0) is 37.1 Å². The minimum absolute atomic E-state index is 0. The van der Waals surface area contributed by atoms with Crippen molar-refractivity contribution in [2.45, 2.75) is 25.3 Å². The second-order valence-electron chi connectivity index (χ2n) is 5.97. The van der Waals surface area contributed by atoms with E-state index in [4.69, 9.17) is 16.1 Å². The van der Waals surface area contributed by atoms with Crippen molar-refractivity contribution >= 4 is 24.0 Å². The highest BCUT2D eigenvalue weighted by Crippen LogP contribution is 2.22. The lowest BCUT2D eigenvalue weighted by Crippen LogP contribution is -2.31. The second kappa shape index (κ2) is 7.99. The van der Waals surface area contributed by atoms with Crippen molar-refractivity contribution in [1.29, 1.82) is 0 Å². The molecule has 25 heavy (non-hydrogen) atoms. The fraction of sp³-hybridized carbons (Fsp3) is 0.353. The zero-order valence-corrected chi connectivity index (χ0v) is 15.1. The van der Waals surface area contributed by atoms with Gasteiger partial charge in [-0.25, -0.2) is 0 Å². The van der Waals surface area contributed by atoms with Crippen LogP contribution in [0.5, 0.6) is 0 Å². The summed E-state index contributed by atoms with van der Waals surface area (Å²) in [5.74, 6) is 1.05. The average molecular weight is 380 g/mol. The molecule has 1 fully saturated rings. The normalized spacial score (nSPS) is 17.2. The highest BCUT2D eigenvalue weighted by Gasteiger charge is 2.18. The van der Waals surface area contributed by atoms with E-state index in [1.807, 2.05) is 41.2 Å². The van der Waals surface area contributed by atoms with Crippen LogP contribution >= 0.6 is 24.0 Å². The third-order valence-electron chi connectivity index (χ3n) is 4.25. The molecule has 8 heteroatoms. The molecule has 2 aromatic heterocycles. The van der Waals surface area contributed by atoms with Crippen molar-refractivity contribution in [3.05, 3.63) is 52.9 Å². The maximum absolute atomic E-state index is 6.18. The standard InChI is InChI=1S/C17H18ClN5O.ClH/c18-14-6-2-1-4-12(14)10-16-20-17(24-22-16)15-7-9-23(21-15)13-5-3-8-19-11-13;/h1-2,4,6-7,9,13,19H,3,5,8,10-11H2;1H. The lowest BCUT2D eigenvalue weighted by atomic mass is 10.1. The van der Waals surface area contributed by atoms with Gasteiger partial charge in [0.1, 0.15) is 0 Å².